The summed E-state index contributed by atoms with van der Waals surface area (Å²) < 4.78 is 11.2. The number of nitrogens with zero attached hydrogens (tertiary/aromatic N) is 1. The van der Waals surface area contributed by atoms with Crippen molar-refractivity contribution in [1.82, 2.24) is 0 Å². The van der Waals surface area contributed by atoms with Gasteiger partial charge >= 0.3 is 0 Å². The van der Waals surface area contributed by atoms with E-state index >= 15 is 0 Å². The molecule has 0 radical (unpaired) electrons. The third-order valence-corrected chi connectivity index (χ3v) is 3.90. The van der Waals surface area contributed by atoms with E-state index in [0.29, 0.717) is 0 Å². The molecule has 1 aliphatic heterocycles. The first-order valence-corrected chi connectivity index (χ1v) is 6.61. The van der Waals surface area contributed by atoms with Crippen molar-refractivity contribution in [1.29, 1.82) is 0 Å². The lowest BCUT2D eigenvalue weighted by atomic mass is 10.2. The molecule has 4 heteroatoms. The van der Waals surface area contributed by atoms with Crippen molar-refractivity contribution >= 4 is 22.2 Å². The van der Waals surface area contributed by atoms with Crippen LogP contribution in [-0.4, -0.2) is 28.8 Å². The van der Waals surface area contributed by atoms with Gasteiger partial charge in [-0.25, -0.2) is 0 Å². The summed E-state index contributed by atoms with van der Waals surface area (Å²) in [6, 6.07) is 6.08. The number of anilines is 2. The molecule has 0 amide bonds. The van der Waals surface area contributed by atoms with E-state index in [0.717, 1.165) is 36.0 Å². The minimum Gasteiger partial charge on any atom is -0.399 e. The Balaban J connectivity index is 2.18. The van der Waals surface area contributed by atoms with Gasteiger partial charge < -0.3 is 10.6 Å². The second kappa shape index (κ2) is 4.23. The lowest BCUT2D eigenvalue weighted by Gasteiger charge is -2.28. The number of nitrogen functional groups attached to an aromatic ring is 1. The molecular weight excluding hydrogens is 208 g/mol. The van der Waals surface area contributed by atoms with Gasteiger partial charge in [0.15, 0.2) is 0 Å². The Morgan fingerprint density at radius 1 is 1.27 bits per heavy atom. The van der Waals surface area contributed by atoms with Crippen LogP contribution in [-0.2, 0) is 10.8 Å². The Morgan fingerprint density at radius 2 is 1.93 bits per heavy atom. The monoisotopic (exact) mass is 224 g/mol. The van der Waals surface area contributed by atoms with Gasteiger partial charge in [-0.1, -0.05) is 0 Å². The van der Waals surface area contributed by atoms with E-state index < -0.39 is 10.8 Å². The molecule has 0 bridgehead atoms. The zero-order valence-corrected chi connectivity index (χ0v) is 9.72. The summed E-state index contributed by atoms with van der Waals surface area (Å²) in [5.41, 5.74) is 8.94. The Hall–Kier alpha value is -1.03. The third-order valence-electron chi connectivity index (χ3n) is 2.63. The summed E-state index contributed by atoms with van der Waals surface area (Å²) in [6.45, 7) is 3.78. The number of benzene rings is 1. The Morgan fingerprint density at radius 3 is 2.53 bits per heavy atom. The molecule has 0 atom stereocenters. The Bertz CT molecular complexity index is 362. The van der Waals surface area contributed by atoms with E-state index in [1.54, 1.807) is 0 Å². The number of aryl methyl sites for hydroxylation is 1. The standard InChI is InChI=1S/C11H16N2OS/c1-9-6-10(12)8-11(7-9)13-2-4-15(14)5-3-13/h6-8H,2-5,12H2,1H3. The number of rotatable bonds is 1. The molecule has 0 spiro atoms. The van der Waals surface area contributed by atoms with Crippen LogP contribution < -0.4 is 10.6 Å². The van der Waals surface area contributed by atoms with Gasteiger partial charge in [-0.3, -0.25) is 4.21 Å². The molecule has 1 fully saturated rings. The van der Waals surface area contributed by atoms with Crippen LogP contribution in [0.4, 0.5) is 11.4 Å². The summed E-state index contributed by atoms with van der Waals surface area (Å²) >= 11 is 0. The Kier molecular flexibility index (Phi) is 2.95. The maximum atomic E-state index is 11.2. The predicted molar refractivity (Wildman–Crippen MR) is 65.7 cm³/mol. The summed E-state index contributed by atoms with van der Waals surface area (Å²) in [6.07, 6.45) is 0. The van der Waals surface area contributed by atoms with Gasteiger partial charge in [0.05, 0.1) is 0 Å². The van der Waals surface area contributed by atoms with Crippen molar-refractivity contribution in [3.05, 3.63) is 23.8 Å². The Labute approximate surface area is 92.7 Å². The molecule has 82 valence electrons. The molecule has 0 aromatic heterocycles. The molecule has 1 aromatic rings. The average Bonchev–Trinajstić information content (AvgIpc) is 2.17. The molecule has 0 aliphatic carbocycles. The van der Waals surface area contributed by atoms with Crippen LogP contribution in [0.2, 0.25) is 0 Å². The first-order valence-electron chi connectivity index (χ1n) is 5.12. The summed E-state index contributed by atoms with van der Waals surface area (Å²) in [4.78, 5) is 2.25. The van der Waals surface area contributed by atoms with E-state index in [9.17, 15) is 4.21 Å². The fourth-order valence-electron chi connectivity index (χ4n) is 1.87. The van der Waals surface area contributed by atoms with E-state index in [2.05, 4.69) is 11.0 Å². The highest BCUT2D eigenvalue weighted by molar-refractivity contribution is 7.85. The van der Waals surface area contributed by atoms with Crippen LogP contribution in [0.5, 0.6) is 0 Å². The van der Waals surface area contributed by atoms with Gasteiger partial charge in [0.25, 0.3) is 0 Å². The third kappa shape index (κ3) is 2.50. The first-order chi connectivity index (χ1) is 7.15. The fraction of sp³-hybridized carbons (Fsp3) is 0.455. The largest absolute Gasteiger partial charge is 0.399 e. The van der Waals surface area contributed by atoms with Crippen LogP contribution in [0.3, 0.4) is 0 Å². The topological polar surface area (TPSA) is 46.3 Å². The summed E-state index contributed by atoms with van der Waals surface area (Å²) in [5, 5.41) is 0. The van der Waals surface area contributed by atoms with Crippen molar-refractivity contribution in [3.8, 4) is 0 Å². The van der Waals surface area contributed by atoms with Gasteiger partial charge in [-0.15, -0.1) is 0 Å². The van der Waals surface area contributed by atoms with E-state index in [1.165, 1.54) is 5.56 Å². The van der Waals surface area contributed by atoms with E-state index in [4.69, 9.17) is 5.73 Å². The van der Waals surface area contributed by atoms with Crippen molar-refractivity contribution in [2.24, 2.45) is 0 Å². The lowest BCUT2D eigenvalue weighted by Crippen LogP contribution is -2.37. The number of hydrogen-bond acceptors (Lipinski definition) is 3. The van der Waals surface area contributed by atoms with Gasteiger partial charge in [-0.2, -0.15) is 0 Å². The van der Waals surface area contributed by atoms with Crippen LogP contribution in [0.15, 0.2) is 18.2 Å². The van der Waals surface area contributed by atoms with Crippen molar-refractivity contribution < 1.29 is 4.21 Å². The van der Waals surface area contributed by atoms with Gasteiger partial charge in [0.2, 0.25) is 0 Å². The molecule has 0 unspecified atom stereocenters. The van der Waals surface area contributed by atoms with Crippen LogP contribution in [0.1, 0.15) is 5.56 Å². The highest BCUT2D eigenvalue weighted by Crippen LogP contribution is 2.21. The maximum absolute atomic E-state index is 11.2. The second-order valence-corrected chi connectivity index (χ2v) is 5.63. The molecule has 1 saturated heterocycles. The molecule has 0 saturated carbocycles. The zero-order chi connectivity index (χ0) is 10.8. The molecule has 2 N–H and O–H groups in total. The molecule has 15 heavy (non-hydrogen) atoms. The quantitative estimate of drug-likeness (QED) is 0.728. The fourth-order valence-corrected chi connectivity index (χ4v) is 2.92. The minimum atomic E-state index is -0.618. The minimum absolute atomic E-state index is 0.618. The molecule has 2 rings (SSSR count). The van der Waals surface area contributed by atoms with Gasteiger partial charge in [0.1, 0.15) is 0 Å². The highest BCUT2D eigenvalue weighted by Gasteiger charge is 2.15. The average molecular weight is 224 g/mol. The summed E-state index contributed by atoms with van der Waals surface area (Å²) in [5.74, 6) is 1.54. The van der Waals surface area contributed by atoms with E-state index in [1.807, 2.05) is 19.1 Å². The van der Waals surface area contributed by atoms with Crippen molar-refractivity contribution in [3.63, 3.8) is 0 Å². The van der Waals surface area contributed by atoms with Gasteiger partial charge in [-0.05, 0) is 30.7 Å². The molecule has 1 aromatic carbocycles. The zero-order valence-electron chi connectivity index (χ0n) is 8.90. The highest BCUT2D eigenvalue weighted by atomic mass is 32.2. The first kappa shape index (κ1) is 10.5. The second-order valence-electron chi connectivity index (χ2n) is 3.94. The SMILES string of the molecule is Cc1cc(N)cc(N2CCS(=O)CC2)c1. The maximum Gasteiger partial charge on any atom is 0.0411 e. The van der Waals surface area contributed by atoms with Crippen LogP contribution in [0.25, 0.3) is 0 Å². The predicted octanol–water partition coefficient (Wildman–Crippen LogP) is 1.15. The van der Waals surface area contributed by atoms with Crippen LogP contribution >= 0.6 is 0 Å². The molecule has 3 nitrogen and oxygen atoms in total. The number of hydrogen-bond donors (Lipinski definition) is 1. The lowest BCUT2D eigenvalue weighted by molar-refractivity contribution is 0.673. The van der Waals surface area contributed by atoms with Gasteiger partial charge in [0, 0.05) is 46.8 Å². The van der Waals surface area contributed by atoms with E-state index in [-0.39, 0.29) is 0 Å². The normalized spacial score (nSPS) is 18.1. The van der Waals surface area contributed by atoms with Crippen molar-refractivity contribution in [2.45, 2.75) is 6.92 Å². The molecular formula is C11H16N2OS. The summed E-state index contributed by atoms with van der Waals surface area (Å²) in [7, 11) is -0.618. The van der Waals surface area contributed by atoms with Crippen LogP contribution in [0, 0.1) is 6.92 Å². The van der Waals surface area contributed by atoms with Crippen molar-refractivity contribution in [2.75, 3.05) is 35.2 Å². The molecule has 1 heterocycles. The molecule has 1 aliphatic rings. The number of nitrogens with two attached hydrogens (primary N) is 1. The smallest absolute Gasteiger partial charge is 0.0411 e.